The quantitative estimate of drug-likeness (QED) is 0.388. The second-order valence-electron chi connectivity index (χ2n) is 8.48. The summed E-state index contributed by atoms with van der Waals surface area (Å²) < 4.78 is 21.3. The van der Waals surface area contributed by atoms with Gasteiger partial charge in [0.15, 0.2) is 4.80 Å². The molecule has 0 unspecified atom stereocenters. The molecule has 0 fully saturated rings. The van der Waals surface area contributed by atoms with E-state index >= 15 is 0 Å². The van der Waals surface area contributed by atoms with E-state index in [0.29, 0.717) is 43.2 Å². The molecule has 0 aliphatic carbocycles. The summed E-state index contributed by atoms with van der Waals surface area (Å²) in [5.41, 5.74) is 2.33. The number of para-hydroxylation sites is 2. The fourth-order valence-corrected chi connectivity index (χ4v) is 5.32. The van der Waals surface area contributed by atoms with Gasteiger partial charge in [-0.25, -0.2) is 9.38 Å². The minimum atomic E-state index is -0.800. The Morgan fingerprint density at radius 2 is 1.84 bits per heavy atom. The number of hydrogen-bond acceptors (Lipinski definition) is 5. The molecule has 1 aliphatic heterocycles. The van der Waals surface area contributed by atoms with E-state index in [2.05, 4.69) is 16.2 Å². The van der Waals surface area contributed by atoms with Crippen LogP contribution in [0.1, 0.15) is 24.1 Å². The predicted octanol–water partition coefficient (Wildman–Crippen LogP) is 4.03. The number of amides is 1. The number of nitrogens with one attached hydrogen (secondary N) is 1. The second-order valence-corrected chi connectivity index (χ2v) is 9.49. The Morgan fingerprint density at radius 1 is 1.13 bits per heavy atom. The third-order valence-corrected chi connectivity index (χ3v) is 6.98. The number of allylic oxidation sites excluding steroid dienone is 1. The van der Waals surface area contributed by atoms with Crippen molar-refractivity contribution in [3.8, 4) is 18.1 Å². The summed E-state index contributed by atoms with van der Waals surface area (Å²) in [5.74, 6) is 2.18. The van der Waals surface area contributed by atoms with Crippen LogP contribution in [0.2, 0.25) is 0 Å². The number of fused-ring (bicyclic) bond motifs is 1. The van der Waals surface area contributed by atoms with E-state index in [-0.39, 0.29) is 12.2 Å². The van der Waals surface area contributed by atoms with Gasteiger partial charge in [-0.3, -0.25) is 14.2 Å². The monoisotopic (exact) mass is 523 g/mol. The summed E-state index contributed by atoms with van der Waals surface area (Å²) in [5, 5.41) is 2.89. The summed E-state index contributed by atoms with van der Waals surface area (Å²) in [4.78, 5) is 32.4. The highest BCUT2D eigenvalue weighted by atomic mass is 32.1. The van der Waals surface area contributed by atoms with Crippen molar-refractivity contribution < 1.29 is 13.9 Å². The minimum absolute atomic E-state index is 0.0930. The maximum Gasteiger partial charge on any atom is 0.271 e. The molecule has 2 heterocycles. The molecule has 1 aromatic heterocycles. The normalized spacial score (nSPS) is 14.9. The standard InChI is InChI=1S/C30H22FN3O3S/c1-3-17-37-24-12-8-7-9-21(24)18-25-29(36)34-27(20-13-15-22(31)16-14-20)26(19(2)32-30(34)38-25)28(35)33-23-10-5-4-6-11-23/h1,4-16,18,27H,17H2,2H3,(H,33,35)/b25-18-/t27-/m1/s1. The number of aromatic nitrogens is 1. The van der Waals surface area contributed by atoms with Gasteiger partial charge in [0, 0.05) is 11.3 Å². The van der Waals surface area contributed by atoms with Gasteiger partial charge in [0.05, 0.1) is 21.8 Å². The smallest absolute Gasteiger partial charge is 0.271 e. The van der Waals surface area contributed by atoms with Crippen LogP contribution in [0.25, 0.3) is 6.08 Å². The van der Waals surface area contributed by atoms with Crippen molar-refractivity contribution in [2.24, 2.45) is 4.99 Å². The summed E-state index contributed by atoms with van der Waals surface area (Å²) in [6.45, 7) is 1.83. The van der Waals surface area contributed by atoms with Crippen molar-refractivity contribution in [2.45, 2.75) is 13.0 Å². The highest BCUT2D eigenvalue weighted by Gasteiger charge is 2.32. The maximum absolute atomic E-state index is 13.8. The number of nitrogens with zero attached hydrogens (tertiary/aromatic N) is 2. The van der Waals surface area contributed by atoms with Crippen LogP contribution in [0.15, 0.2) is 99.9 Å². The zero-order valence-electron chi connectivity index (χ0n) is 20.4. The first kappa shape index (κ1) is 24.9. The second kappa shape index (κ2) is 10.7. The topological polar surface area (TPSA) is 72.7 Å². The number of rotatable bonds is 6. The molecule has 0 radical (unpaired) electrons. The molecule has 188 valence electrons. The van der Waals surface area contributed by atoms with Crippen LogP contribution in [-0.4, -0.2) is 17.1 Å². The Morgan fingerprint density at radius 3 is 2.58 bits per heavy atom. The minimum Gasteiger partial charge on any atom is -0.480 e. The van der Waals surface area contributed by atoms with Crippen molar-refractivity contribution in [1.29, 1.82) is 0 Å². The first-order chi connectivity index (χ1) is 18.5. The number of benzene rings is 3. The number of ether oxygens (including phenoxy) is 1. The number of hydrogen-bond donors (Lipinski definition) is 1. The number of thiazole rings is 1. The van der Waals surface area contributed by atoms with Crippen LogP contribution in [0, 0.1) is 18.2 Å². The summed E-state index contributed by atoms with van der Waals surface area (Å²) >= 11 is 1.20. The molecular weight excluding hydrogens is 501 g/mol. The lowest BCUT2D eigenvalue weighted by Crippen LogP contribution is -2.40. The molecule has 1 amide bonds. The van der Waals surface area contributed by atoms with Crippen molar-refractivity contribution >= 4 is 29.0 Å². The Balaban J connectivity index is 1.66. The van der Waals surface area contributed by atoms with Crippen molar-refractivity contribution in [2.75, 3.05) is 11.9 Å². The molecule has 8 heteroatoms. The van der Waals surface area contributed by atoms with E-state index in [9.17, 15) is 14.0 Å². The fourth-order valence-electron chi connectivity index (χ4n) is 4.28. The third kappa shape index (κ3) is 4.92. The Hall–Kier alpha value is -4.74. The van der Waals surface area contributed by atoms with Gasteiger partial charge in [0.1, 0.15) is 18.2 Å². The largest absolute Gasteiger partial charge is 0.480 e. The number of anilines is 1. The molecule has 1 N–H and O–H groups in total. The van der Waals surface area contributed by atoms with E-state index < -0.39 is 17.8 Å². The average Bonchev–Trinajstić information content (AvgIpc) is 3.22. The molecule has 3 aromatic carbocycles. The van der Waals surface area contributed by atoms with Crippen molar-refractivity contribution in [3.05, 3.63) is 127 Å². The molecule has 6 nitrogen and oxygen atoms in total. The summed E-state index contributed by atoms with van der Waals surface area (Å²) in [6, 6.07) is 21.3. The van der Waals surface area contributed by atoms with Gasteiger partial charge in [0.25, 0.3) is 11.5 Å². The van der Waals surface area contributed by atoms with Gasteiger partial charge >= 0.3 is 0 Å². The zero-order valence-corrected chi connectivity index (χ0v) is 21.2. The molecule has 1 atom stereocenters. The number of carbonyl (C=O) groups is 1. The van der Waals surface area contributed by atoms with E-state index in [4.69, 9.17) is 11.2 Å². The van der Waals surface area contributed by atoms with E-state index in [1.165, 1.54) is 28.0 Å². The highest BCUT2D eigenvalue weighted by molar-refractivity contribution is 7.07. The van der Waals surface area contributed by atoms with Crippen LogP contribution in [0.3, 0.4) is 0 Å². The van der Waals surface area contributed by atoms with Gasteiger partial charge in [0.2, 0.25) is 0 Å². The molecule has 0 saturated carbocycles. The van der Waals surface area contributed by atoms with Crippen molar-refractivity contribution in [3.63, 3.8) is 0 Å². The lowest BCUT2D eigenvalue weighted by molar-refractivity contribution is -0.113. The number of halogens is 1. The molecule has 0 saturated heterocycles. The van der Waals surface area contributed by atoms with Crippen LogP contribution in [-0.2, 0) is 4.79 Å². The predicted molar refractivity (Wildman–Crippen MR) is 146 cm³/mol. The van der Waals surface area contributed by atoms with Crippen LogP contribution >= 0.6 is 11.3 Å². The zero-order chi connectivity index (χ0) is 26.6. The first-order valence-corrected chi connectivity index (χ1v) is 12.6. The van der Waals surface area contributed by atoms with Crippen LogP contribution in [0.5, 0.6) is 5.75 Å². The Bertz CT molecular complexity index is 1760. The van der Waals surface area contributed by atoms with E-state index in [1.54, 1.807) is 43.3 Å². The fraction of sp³-hybridized carbons (Fsp3) is 0.100. The molecule has 5 rings (SSSR count). The van der Waals surface area contributed by atoms with E-state index in [0.717, 1.165) is 0 Å². The first-order valence-electron chi connectivity index (χ1n) is 11.8. The Labute approximate surface area is 222 Å². The Kier molecular flexibility index (Phi) is 7.03. The molecular formula is C30H22FN3O3S. The van der Waals surface area contributed by atoms with Crippen molar-refractivity contribution in [1.82, 2.24) is 4.57 Å². The third-order valence-electron chi connectivity index (χ3n) is 6.00. The molecule has 0 bridgehead atoms. The average molecular weight is 524 g/mol. The van der Waals surface area contributed by atoms with Gasteiger partial charge < -0.3 is 10.1 Å². The maximum atomic E-state index is 13.8. The molecule has 0 spiro atoms. The molecule has 4 aromatic rings. The molecule has 1 aliphatic rings. The summed E-state index contributed by atoms with van der Waals surface area (Å²) in [6.07, 6.45) is 7.06. The van der Waals surface area contributed by atoms with Gasteiger partial charge in [-0.1, -0.05) is 65.8 Å². The number of terminal acetylenes is 1. The van der Waals surface area contributed by atoms with Gasteiger partial charge in [-0.2, -0.15) is 0 Å². The van der Waals surface area contributed by atoms with E-state index in [1.807, 2.05) is 36.4 Å². The summed E-state index contributed by atoms with van der Waals surface area (Å²) in [7, 11) is 0. The van der Waals surface area contributed by atoms with Crippen LogP contribution < -0.4 is 24.9 Å². The highest BCUT2D eigenvalue weighted by Crippen LogP contribution is 2.31. The molecule has 38 heavy (non-hydrogen) atoms. The van der Waals surface area contributed by atoms with Gasteiger partial charge in [-0.15, -0.1) is 6.42 Å². The van der Waals surface area contributed by atoms with Gasteiger partial charge in [-0.05, 0) is 48.9 Å². The SMILES string of the molecule is C#CCOc1ccccc1/C=c1\sc2n(c1=O)[C@H](c1ccc(F)cc1)C(C(=O)Nc1ccccc1)=C(C)N=2. The number of carbonyl (C=O) groups excluding carboxylic acids is 1. The van der Waals surface area contributed by atoms with Crippen LogP contribution in [0.4, 0.5) is 10.1 Å². The lowest BCUT2D eigenvalue weighted by atomic mass is 9.95. The lowest BCUT2D eigenvalue weighted by Gasteiger charge is -2.25.